The first-order chi connectivity index (χ1) is 17.3. The van der Waals surface area contributed by atoms with E-state index in [-0.39, 0.29) is 36.2 Å². The Morgan fingerprint density at radius 2 is 1.69 bits per heavy atom. The summed E-state index contributed by atoms with van der Waals surface area (Å²) in [5.41, 5.74) is 2.04. The predicted molar refractivity (Wildman–Crippen MR) is 124 cm³/mol. The van der Waals surface area contributed by atoms with Gasteiger partial charge in [-0.05, 0) is 42.2 Å². The maximum Gasteiger partial charge on any atom is 0.229 e. The van der Waals surface area contributed by atoms with E-state index in [2.05, 4.69) is 0 Å². The summed E-state index contributed by atoms with van der Waals surface area (Å²) in [5.74, 6) is 0.133. The van der Waals surface area contributed by atoms with E-state index in [0.717, 1.165) is 5.56 Å². The van der Waals surface area contributed by atoms with Crippen LogP contribution in [0.15, 0.2) is 30.3 Å². The van der Waals surface area contributed by atoms with Crippen LogP contribution >= 0.6 is 0 Å². The second-order valence-corrected chi connectivity index (χ2v) is 8.91. The van der Waals surface area contributed by atoms with Crippen LogP contribution in [-0.4, -0.2) is 93.4 Å². The Hall–Kier alpha value is -2.64. The van der Waals surface area contributed by atoms with Crippen molar-refractivity contribution in [3.63, 3.8) is 0 Å². The number of rotatable bonds is 9. The lowest BCUT2D eigenvalue weighted by Crippen LogP contribution is -2.60. The first-order valence-corrected chi connectivity index (χ1v) is 11.7. The van der Waals surface area contributed by atoms with Gasteiger partial charge in [0.2, 0.25) is 6.29 Å². The highest BCUT2D eigenvalue weighted by molar-refractivity contribution is 5.56. The van der Waals surface area contributed by atoms with E-state index in [4.69, 9.17) is 18.9 Å². The maximum atomic E-state index is 10.5. The zero-order chi connectivity index (χ0) is 26.0. The molecule has 11 nitrogen and oxygen atoms in total. The minimum Gasteiger partial charge on any atom is -0.504 e. The van der Waals surface area contributed by atoms with Crippen LogP contribution < -0.4 is 14.2 Å². The third-order valence-electron chi connectivity index (χ3n) is 6.60. The van der Waals surface area contributed by atoms with Crippen molar-refractivity contribution in [1.29, 1.82) is 0 Å². The summed E-state index contributed by atoms with van der Waals surface area (Å²) in [7, 11) is 1.42. The molecular weight excluding hydrogens is 476 g/mol. The SMILES string of the molecule is COc1cc([C@@H]2Oc3c(O[C@H]4O[C@@H](CO)[C@H](O)[C@@H](O)[C@@H]4O)cc(CCCO)cc3[C@@H]2CO)ccc1O. The minimum atomic E-state index is -1.62. The lowest BCUT2D eigenvalue weighted by Gasteiger charge is -2.39. The largest absolute Gasteiger partial charge is 0.504 e. The molecule has 2 aliphatic rings. The number of phenols is 1. The number of fused-ring (bicyclic) bond motifs is 1. The van der Waals surface area contributed by atoms with Crippen molar-refractivity contribution in [1.82, 2.24) is 0 Å². The van der Waals surface area contributed by atoms with Gasteiger partial charge in [-0.2, -0.15) is 0 Å². The van der Waals surface area contributed by atoms with Gasteiger partial charge in [0, 0.05) is 12.2 Å². The van der Waals surface area contributed by atoms with Crippen molar-refractivity contribution < 1.29 is 54.7 Å². The molecule has 0 bridgehead atoms. The topological polar surface area (TPSA) is 179 Å². The fourth-order valence-corrected chi connectivity index (χ4v) is 4.63. The molecule has 0 aliphatic carbocycles. The van der Waals surface area contributed by atoms with Crippen molar-refractivity contribution in [2.75, 3.05) is 26.9 Å². The highest BCUT2D eigenvalue weighted by atomic mass is 16.7. The average molecular weight is 509 g/mol. The number of aryl methyl sites for hydroxylation is 1. The van der Waals surface area contributed by atoms with Crippen molar-refractivity contribution in [2.24, 2.45) is 0 Å². The summed E-state index contributed by atoms with van der Waals surface area (Å²) >= 11 is 0. The Bertz CT molecular complexity index is 1040. The highest BCUT2D eigenvalue weighted by Gasteiger charge is 2.46. The predicted octanol–water partition coefficient (Wildman–Crippen LogP) is -0.286. The fraction of sp³-hybridized carbons (Fsp3) is 0.520. The number of benzene rings is 2. The van der Waals surface area contributed by atoms with Crippen LogP contribution in [0.5, 0.6) is 23.0 Å². The smallest absolute Gasteiger partial charge is 0.229 e. The molecule has 0 unspecified atom stereocenters. The van der Waals surface area contributed by atoms with Gasteiger partial charge in [0.05, 0.1) is 26.2 Å². The van der Waals surface area contributed by atoms with Crippen LogP contribution in [0.4, 0.5) is 0 Å². The van der Waals surface area contributed by atoms with E-state index in [1.807, 2.05) is 6.07 Å². The molecule has 7 atom stereocenters. The van der Waals surface area contributed by atoms with Crippen molar-refractivity contribution >= 4 is 0 Å². The third-order valence-corrected chi connectivity index (χ3v) is 6.60. The summed E-state index contributed by atoms with van der Waals surface area (Å²) in [6.07, 6.45) is -7.04. The number of aliphatic hydroxyl groups excluding tert-OH is 6. The zero-order valence-electron chi connectivity index (χ0n) is 19.7. The van der Waals surface area contributed by atoms with Gasteiger partial charge in [-0.25, -0.2) is 0 Å². The van der Waals surface area contributed by atoms with Gasteiger partial charge < -0.3 is 54.7 Å². The molecule has 36 heavy (non-hydrogen) atoms. The van der Waals surface area contributed by atoms with Gasteiger partial charge in [-0.3, -0.25) is 0 Å². The Kier molecular flexibility index (Phi) is 8.20. The number of aliphatic hydroxyl groups is 6. The normalized spacial score (nSPS) is 29.5. The monoisotopic (exact) mass is 508 g/mol. The Balaban J connectivity index is 1.71. The van der Waals surface area contributed by atoms with Crippen molar-refractivity contribution in [3.05, 3.63) is 47.0 Å². The second-order valence-electron chi connectivity index (χ2n) is 8.91. The van der Waals surface area contributed by atoms with E-state index >= 15 is 0 Å². The molecule has 7 N–H and O–H groups in total. The van der Waals surface area contributed by atoms with Gasteiger partial charge in [0.25, 0.3) is 0 Å². The number of ether oxygens (including phenoxy) is 4. The quantitative estimate of drug-likeness (QED) is 0.237. The summed E-state index contributed by atoms with van der Waals surface area (Å²) in [6, 6.07) is 8.24. The summed E-state index contributed by atoms with van der Waals surface area (Å²) in [5, 5.41) is 69.7. The van der Waals surface area contributed by atoms with Crippen molar-refractivity contribution in [3.8, 4) is 23.0 Å². The van der Waals surface area contributed by atoms with Crippen LogP contribution in [0.1, 0.15) is 35.1 Å². The molecule has 198 valence electrons. The Morgan fingerprint density at radius 1 is 0.917 bits per heavy atom. The first-order valence-electron chi connectivity index (χ1n) is 11.7. The molecule has 2 aromatic rings. The average Bonchev–Trinajstić information content (AvgIpc) is 3.26. The molecule has 0 amide bonds. The standard InChI is InChI=1S/C25H32O11/c1-33-17-9-13(4-5-16(17)29)23-15(10-27)14-7-12(3-2-6-26)8-18(24(14)36-23)34-25-22(32)21(31)20(30)19(11-28)35-25/h4-5,7-9,15,19-23,25-32H,2-3,6,10-11H2,1H3/t15-,19-,20-,21+,22-,23-,25-/m0/s1. The van der Waals surface area contributed by atoms with Crippen LogP contribution in [0.2, 0.25) is 0 Å². The molecule has 2 aromatic carbocycles. The van der Waals surface area contributed by atoms with Crippen molar-refractivity contribution in [2.45, 2.75) is 55.6 Å². The summed E-state index contributed by atoms with van der Waals surface area (Å²) < 4.78 is 22.9. The van der Waals surface area contributed by atoms with Gasteiger partial charge in [-0.1, -0.05) is 12.1 Å². The molecule has 11 heteroatoms. The van der Waals surface area contributed by atoms with Crippen LogP contribution in [-0.2, 0) is 11.2 Å². The van der Waals surface area contributed by atoms with Gasteiger partial charge in [0.1, 0.15) is 30.5 Å². The van der Waals surface area contributed by atoms with E-state index in [0.29, 0.717) is 24.0 Å². The Labute approximate surface area is 207 Å². The molecule has 0 aromatic heterocycles. The van der Waals surface area contributed by atoms with E-state index < -0.39 is 49.3 Å². The van der Waals surface area contributed by atoms with E-state index in [9.17, 15) is 35.7 Å². The minimum absolute atomic E-state index is 0.0319. The van der Waals surface area contributed by atoms with Crippen LogP contribution in [0.3, 0.4) is 0 Å². The van der Waals surface area contributed by atoms with E-state index in [1.165, 1.54) is 13.2 Å². The molecule has 4 rings (SSSR count). The number of methoxy groups -OCH3 is 1. The lowest BCUT2D eigenvalue weighted by atomic mass is 9.90. The van der Waals surface area contributed by atoms with Gasteiger partial charge in [-0.15, -0.1) is 0 Å². The summed E-state index contributed by atoms with van der Waals surface area (Å²) in [6.45, 7) is -0.910. The van der Waals surface area contributed by atoms with Gasteiger partial charge in [0.15, 0.2) is 23.0 Å². The molecule has 0 saturated carbocycles. The molecule has 1 fully saturated rings. The van der Waals surface area contributed by atoms with Crippen LogP contribution in [0, 0.1) is 0 Å². The second kappa shape index (κ2) is 11.2. The number of hydrogen-bond acceptors (Lipinski definition) is 11. The lowest BCUT2D eigenvalue weighted by molar-refractivity contribution is -0.277. The molecule has 2 aliphatic heterocycles. The zero-order valence-corrected chi connectivity index (χ0v) is 19.7. The molecule has 0 spiro atoms. The van der Waals surface area contributed by atoms with Crippen LogP contribution in [0.25, 0.3) is 0 Å². The van der Waals surface area contributed by atoms with E-state index in [1.54, 1.807) is 18.2 Å². The molecular formula is C25H32O11. The van der Waals surface area contributed by atoms with Gasteiger partial charge >= 0.3 is 0 Å². The third kappa shape index (κ3) is 4.96. The number of aromatic hydroxyl groups is 1. The maximum absolute atomic E-state index is 10.5. The molecule has 0 radical (unpaired) electrons. The number of phenolic OH excluding ortho intramolecular Hbond substituents is 1. The fourth-order valence-electron chi connectivity index (χ4n) is 4.63. The molecule has 1 saturated heterocycles. The Morgan fingerprint density at radius 3 is 2.36 bits per heavy atom. The summed E-state index contributed by atoms with van der Waals surface area (Å²) in [4.78, 5) is 0. The first kappa shape index (κ1) is 26.4. The molecule has 2 heterocycles. The highest BCUT2D eigenvalue weighted by Crippen LogP contribution is 2.52. The number of hydrogen-bond donors (Lipinski definition) is 7.